The van der Waals surface area contributed by atoms with Crippen LogP contribution in [0.1, 0.15) is 12.6 Å². The van der Waals surface area contributed by atoms with Crippen molar-refractivity contribution < 1.29 is 0 Å². The van der Waals surface area contributed by atoms with Crippen molar-refractivity contribution in [3.8, 4) is 10.8 Å². The van der Waals surface area contributed by atoms with Gasteiger partial charge < -0.3 is 4.98 Å². The number of hydrogen-bond acceptors (Lipinski definition) is 3. The van der Waals surface area contributed by atoms with Crippen molar-refractivity contribution in [1.29, 1.82) is 0 Å². The van der Waals surface area contributed by atoms with Crippen LogP contribution in [0.15, 0.2) is 29.6 Å². The molecule has 2 aromatic heterocycles. The normalized spacial score (nSPS) is 11.1. The van der Waals surface area contributed by atoms with Crippen LogP contribution in [-0.4, -0.2) is 15.0 Å². The van der Waals surface area contributed by atoms with Gasteiger partial charge in [0.25, 0.3) is 0 Å². The van der Waals surface area contributed by atoms with Gasteiger partial charge in [-0.25, -0.2) is 9.97 Å². The molecule has 3 aromatic rings. The van der Waals surface area contributed by atoms with Crippen molar-refractivity contribution in [2.24, 2.45) is 0 Å². The Balaban J connectivity index is 2.11. The summed E-state index contributed by atoms with van der Waals surface area (Å²) in [5.74, 6) is 0.867. The number of fused-ring (bicyclic) bond motifs is 1. The molecule has 0 bridgehead atoms. The number of rotatable bonds is 2. The van der Waals surface area contributed by atoms with Crippen LogP contribution in [-0.2, 0) is 6.42 Å². The third-order valence-corrected chi connectivity index (χ3v) is 3.40. The Hall–Kier alpha value is -1.68. The number of para-hydroxylation sites is 2. The molecule has 0 spiro atoms. The van der Waals surface area contributed by atoms with Crippen molar-refractivity contribution in [2.75, 3.05) is 0 Å². The van der Waals surface area contributed by atoms with E-state index < -0.39 is 0 Å². The number of nitrogens with one attached hydrogen (secondary N) is 1. The van der Waals surface area contributed by atoms with Gasteiger partial charge in [0, 0.05) is 5.38 Å². The summed E-state index contributed by atoms with van der Waals surface area (Å²) in [6.07, 6.45) is 0.969. The van der Waals surface area contributed by atoms with Crippen LogP contribution >= 0.6 is 11.3 Å². The van der Waals surface area contributed by atoms with Crippen LogP contribution in [0.5, 0.6) is 0 Å². The lowest BCUT2D eigenvalue weighted by molar-refractivity contribution is 1.06. The molecule has 0 aliphatic heterocycles. The number of hydrogen-bond donors (Lipinski definition) is 1. The van der Waals surface area contributed by atoms with Gasteiger partial charge in [0.05, 0.1) is 16.7 Å². The fourth-order valence-corrected chi connectivity index (χ4v) is 2.48. The minimum atomic E-state index is 0.867. The molecule has 3 rings (SSSR count). The molecular weight excluding hydrogens is 218 g/mol. The van der Waals surface area contributed by atoms with Gasteiger partial charge >= 0.3 is 0 Å². The van der Waals surface area contributed by atoms with E-state index in [4.69, 9.17) is 0 Å². The van der Waals surface area contributed by atoms with Gasteiger partial charge in [-0.15, -0.1) is 11.3 Å². The van der Waals surface area contributed by atoms with E-state index in [2.05, 4.69) is 27.3 Å². The van der Waals surface area contributed by atoms with Crippen molar-refractivity contribution in [3.05, 3.63) is 35.3 Å². The minimum absolute atomic E-state index is 0.867. The van der Waals surface area contributed by atoms with E-state index in [0.29, 0.717) is 0 Å². The fraction of sp³-hybridized carbons (Fsp3) is 0.167. The third kappa shape index (κ3) is 1.51. The second kappa shape index (κ2) is 3.72. The zero-order chi connectivity index (χ0) is 11.0. The highest BCUT2D eigenvalue weighted by atomic mass is 32.1. The summed E-state index contributed by atoms with van der Waals surface area (Å²) in [4.78, 5) is 12.3. The van der Waals surface area contributed by atoms with Crippen LogP contribution in [0, 0.1) is 0 Å². The highest BCUT2D eigenvalue weighted by Crippen LogP contribution is 2.23. The first kappa shape index (κ1) is 9.54. The van der Waals surface area contributed by atoms with E-state index in [1.54, 1.807) is 11.3 Å². The van der Waals surface area contributed by atoms with Gasteiger partial charge in [0.1, 0.15) is 0 Å². The van der Waals surface area contributed by atoms with Gasteiger partial charge in [0.2, 0.25) is 0 Å². The number of H-pyrrole nitrogens is 1. The molecule has 1 N–H and O–H groups in total. The van der Waals surface area contributed by atoms with Gasteiger partial charge in [-0.2, -0.15) is 0 Å². The Morgan fingerprint density at radius 2 is 2.12 bits per heavy atom. The average Bonchev–Trinajstić information content (AvgIpc) is 2.95. The monoisotopic (exact) mass is 229 g/mol. The summed E-state index contributed by atoms with van der Waals surface area (Å²) in [7, 11) is 0. The summed E-state index contributed by atoms with van der Waals surface area (Å²) >= 11 is 1.64. The summed E-state index contributed by atoms with van der Waals surface area (Å²) in [5, 5.41) is 3.05. The van der Waals surface area contributed by atoms with Crippen LogP contribution < -0.4 is 0 Å². The lowest BCUT2D eigenvalue weighted by atomic mass is 10.3. The van der Waals surface area contributed by atoms with Crippen molar-refractivity contribution >= 4 is 22.4 Å². The molecule has 0 aliphatic carbocycles. The van der Waals surface area contributed by atoms with E-state index in [-0.39, 0.29) is 0 Å². The fourth-order valence-electron chi connectivity index (χ4n) is 1.63. The van der Waals surface area contributed by atoms with E-state index in [9.17, 15) is 0 Å². The molecule has 0 atom stereocenters. The molecule has 4 heteroatoms. The Morgan fingerprint density at radius 1 is 1.25 bits per heavy atom. The molecule has 0 aliphatic rings. The van der Waals surface area contributed by atoms with Gasteiger partial charge in [-0.1, -0.05) is 19.1 Å². The average molecular weight is 229 g/mol. The van der Waals surface area contributed by atoms with Gasteiger partial charge in [0.15, 0.2) is 10.8 Å². The maximum atomic E-state index is 4.52. The quantitative estimate of drug-likeness (QED) is 0.733. The number of nitrogens with zero attached hydrogens (tertiary/aromatic N) is 2. The highest BCUT2D eigenvalue weighted by molar-refractivity contribution is 7.13. The molecule has 0 fully saturated rings. The SMILES string of the molecule is CCc1csc(-c2nc3ccccc3[nH]2)n1. The Kier molecular flexibility index (Phi) is 2.22. The van der Waals surface area contributed by atoms with Crippen molar-refractivity contribution in [2.45, 2.75) is 13.3 Å². The standard InChI is InChI=1S/C12H11N3S/c1-2-8-7-16-12(13-8)11-14-9-5-3-4-6-10(9)15-11/h3-7H,2H2,1H3,(H,14,15). The highest BCUT2D eigenvalue weighted by Gasteiger charge is 2.08. The van der Waals surface area contributed by atoms with Crippen LogP contribution in [0.3, 0.4) is 0 Å². The molecule has 0 saturated heterocycles. The number of aromatic nitrogens is 3. The van der Waals surface area contributed by atoms with E-state index in [0.717, 1.165) is 34.0 Å². The molecule has 16 heavy (non-hydrogen) atoms. The predicted octanol–water partition coefficient (Wildman–Crippen LogP) is 3.25. The molecular formula is C12H11N3S. The zero-order valence-electron chi connectivity index (χ0n) is 8.90. The summed E-state index contributed by atoms with van der Waals surface area (Å²) in [5.41, 5.74) is 3.18. The topological polar surface area (TPSA) is 41.6 Å². The first-order valence-corrected chi connectivity index (χ1v) is 6.14. The summed E-state index contributed by atoms with van der Waals surface area (Å²) < 4.78 is 0. The van der Waals surface area contributed by atoms with Crippen LogP contribution in [0.4, 0.5) is 0 Å². The first-order valence-electron chi connectivity index (χ1n) is 5.26. The predicted molar refractivity (Wildman–Crippen MR) is 66.6 cm³/mol. The van der Waals surface area contributed by atoms with Crippen molar-refractivity contribution in [1.82, 2.24) is 15.0 Å². The lowest BCUT2D eigenvalue weighted by Gasteiger charge is -1.87. The first-order chi connectivity index (χ1) is 7.86. The Morgan fingerprint density at radius 3 is 2.88 bits per heavy atom. The Bertz CT molecular complexity index is 591. The van der Waals surface area contributed by atoms with Crippen LogP contribution in [0.25, 0.3) is 21.9 Å². The largest absolute Gasteiger partial charge is 0.336 e. The molecule has 2 heterocycles. The molecule has 3 nitrogen and oxygen atoms in total. The second-order valence-corrected chi connectivity index (χ2v) is 4.46. The maximum absolute atomic E-state index is 4.52. The summed E-state index contributed by atoms with van der Waals surface area (Å²) in [6.45, 7) is 2.11. The smallest absolute Gasteiger partial charge is 0.167 e. The third-order valence-electron chi connectivity index (χ3n) is 2.51. The van der Waals surface area contributed by atoms with E-state index >= 15 is 0 Å². The van der Waals surface area contributed by atoms with Crippen molar-refractivity contribution in [3.63, 3.8) is 0 Å². The van der Waals surface area contributed by atoms with Gasteiger partial charge in [-0.05, 0) is 18.6 Å². The number of imidazole rings is 1. The molecule has 0 radical (unpaired) electrons. The van der Waals surface area contributed by atoms with Gasteiger partial charge in [-0.3, -0.25) is 0 Å². The lowest BCUT2D eigenvalue weighted by Crippen LogP contribution is -1.81. The second-order valence-electron chi connectivity index (χ2n) is 3.60. The minimum Gasteiger partial charge on any atom is -0.336 e. The molecule has 0 amide bonds. The molecule has 80 valence electrons. The maximum Gasteiger partial charge on any atom is 0.167 e. The Labute approximate surface area is 97.2 Å². The number of benzene rings is 1. The number of aryl methyl sites for hydroxylation is 1. The summed E-state index contributed by atoms with van der Waals surface area (Å²) in [6, 6.07) is 8.03. The van der Waals surface area contributed by atoms with E-state index in [1.165, 1.54) is 0 Å². The van der Waals surface area contributed by atoms with E-state index in [1.807, 2.05) is 24.3 Å². The van der Waals surface area contributed by atoms with Crippen LogP contribution in [0.2, 0.25) is 0 Å². The zero-order valence-corrected chi connectivity index (χ0v) is 9.71. The molecule has 1 aromatic carbocycles. The number of aromatic amines is 1. The molecule has 0 saturated carbocycles. The molecule has 0 unspecified atom stereocenters. The number of thiazole rings is 1.